The zero-order valence-corrected chi connectivity index (χ0v) is 11.8. The summed E-state index contributed by atoms with van der Waals surface area (Å²) >= 11 is 2.47. The first-order valence-corrected chi connectivity index (χ1v) is 8.85. The van der Waals surface area contributed by atoms with Gasteiger partial charge in [-0.05, 0) is 0 Å². The van der Waals surface area contributed by atoms with E-state index in [1.807, 2.05) is 0 Å². The van der Waals surface area contributed by atoms with Crippen LogP contribution in [0.3, 0.4) is 0 Å². The number of hydrogen-bond donors (Lipinski definition) is 1. The predicted octanol–water partition coefficient (Wildman–Crippen LogP) is 1.62. The molecule has 3 rings (SSSR count). The van der Waals surface area contributed by atoms with Gasteiger partial charge in [-0.1, -0.05) is 0 Å². The fraction of sp³-hybridized carbons (Fsp3) is 0.111. The summed E-state index contributed by atoms with van der Waals surface area (Å²) in [5.41, 5.74) is 0. The molecule has 2 aromatic heterocycles. The molecule has 0 aliphatic carbocycles. The number of hydrogen-bond acceptors (Lipinski definition) is 4. The van der Waals surface area contributed by atoms with Gasteiger partial charge in [0.2, 0.25) is 0 Å². The van der Waals surface area contributed by atoms with Gasteiger partial charge in [0, 0.05) is 0 Å². The van der Waals surface area contributed by atoms with E-state index in [0.29, 0.717) is 29.0 Å². The summed E-state index contributed by atoms with van der Waals surface area (Å²) < 4.78 is 2.79. The van der Waals surface area contributed by atoms with E-state index in [0.717, 1.165) is 0 Å². The Hall–Kier alpha value is -0.251. The average molecular weight is 347 g/mol. The van der Waals surface area contributed by atoms with Gasteiger partial charge in [0.1, 0.15) is 0 Å². The molecule has 15 heavy (non-hydrogen) atoms. The van der Waals surface area contributed by atoms with Crippen LogP contribution in [0, 0.1) is 0 Å². The molecule has 6 heteroatoms. The molecule has 0 atom stereocenters. The molecule has 1 N–H and O–H groups in total. The van der Waals surface area contributed by atoms with Crippen molar-refractivity contribution in [2.24, 2.45) is 10.3 Å². The summed E-state index contributed by atoms with van der Waals surface area (Å²) in [5, 5.41) is 8.37. The van der Waals surface area contributed by atoms with Crippen molar-refractivity contribution in [3.8, 4) is 0 Å². The van der Waals surface area contributed by atoms with Gasteiger partial charge in [-0.3, -0.25) is 0 Å². The van der Waals surface area contributed by atoms with E-state index < -0.39 is 0 Å². The van der Waals surface area contributed by atoms with Gasteiger partial charge in [0.15, 0.2) is 0 Å². The first-order chi connectivity index (χ1) is 7.42. The Morgan fingerprint density at radius 2 is 1.80 bits per heavy atom. The van der Waals surface area contributed by atoms with Gasteiger partial charge < -0.3 is 0 Å². The Kier molecular flexibility index (Phi) is 2.63. The van der Waals surface area contributed by atoms with Crippen molar-refractivity contribution in [3.63, 3.8) is 0 Å². The molecule has 0 aromatic carbocycles. The van der Waals surface area contributed by atoms with Crippen molar-refractivity contribution in [2.45, 2.75) is 4.87 Å². The van der Waals surface area contributed by atoms with Crippen LogP contribution in [-0.4, -0.2) is 29.0 Å². The Labute approximate surface area is 104 Å². The van der Waals surface area contributed by atoms with Gasteiger partial charge >= 0.3 is 104 Å². The first kappa shape index (κ1) is 9.94. The van der Waals surface area contributed by atoms with Crippen molar-refractivity contribution in [2.75, 3.05) is 0 Å². The van der Waals surface area contributed by atoms with E-state index >= 15 is 0 Å². The molecule has 3 nitrogen and oxygen atoms in total. The molecule has 1 aliphatic heterocycles. The van der Waals surface area contributed by atoms with E-state index in [9.17, 15) is 0 Å². The Bertz CT molecular complexity index is 429. The number of nitrogens with one attached hydrogen (secondary N) is 1. The summed E-state index contributed by atoms with van der Waals surface area (Å²) in [6, 6.07) is 8.63. The summed E-state index contributed by atoms with van der Waals surface area (Å²) in [6.45, 7) is 0. The molecule has 3 heterocycles. The molecule has 0 spiro atoms. The van der Waals surface area contributed by atoms with Gasteiger partial charge in [-0.25, -0.2) is 0 Å². The molecule has 0 saturated heterocycles. The first-order valence-electron chi connectivity index (χ1n) is 4.35. The zero-order valence-electron chi connectivity index (χ0n) is 7.58. The normalized spacial score (nSPS) is 17.9. The third kappa shape index (κ3) is 1.57. The summed E-state index contributed by atoms with van der Waals surface area (Å²) in [4.78, 5) is 7.16. The molecule has 0 unspecified atom stereocenters. The van der Waals surface area contributed by atoms with Crippen LogP contribution in [0.4, 0.5) is 0 Å². The molecule has 1 aliphatic rings. The SMILES string of the molecule is c1c[se]c(C2(c3ccc[se]3)N=NNS2)c1. The fourth-order valence-electron chi connectivity index (χ4n) is 1.46. The van der Waals surface area contributed by atoms with Crippen LogP contribution in [0.15, 0.2) is 44.5 Å². The van der Waals surface area contributed by atoms with Crippen LogP contribution in [0.1, 0.15) is 8.87 Å². The Balaban J connectivity index is 2.15. The van der Waals surface area contributed by atoms with Crippen LogP contribution in [-0.2, 0) is 4.87 Å². The maximum atomic E-state index is 4.42. The van der Waals surface area contributed by atoms with Crippen molar-refractivity contribution < 1.29 is 0 Å². The zero-order chi connectivity index (χ0) is 10.1. The molecule has 2 aromatic rings. The third-order valence-corrected chi connectivity index (χ3v) is 7.82. The van der Waals surface area contributed by atoms with E-state index in [1.165, 1.54) is 8.87 Å². The Morgan fingerprint density at radius 1 is 1.13 bits per heavy atom. The summed E-state index contributed by atoms with van der Waals surface area (Å²) in [6.07, 6.45) is 0. The number of rotatable bonds is 2. The average Bonchev–Trinajstić information content (AvgIpc) is 3.02. The molecule has 0 radical (unpaired) electrons. The standard InChI is InChI=1S/C9H7N3SSe2/c1-3-7(14-5-1)9(10-11-12-13-9)8-4-2-6-15-8/h1-6H,(H,10,12). The van der Waals surface area contributed by atoms with Crippen molar-refractivity contribution in [1.82, 2.24) is 4.83 Å². The van der Waals surface area contributed by atoms with Gasteiger partial charge in [-0.2, -0.15) is 0 Å². The second-order valence-electron chi connectivity index (χ2n) is 2.99. The van der Waals surface area contributed by atoms with E-state index in [-0.39, 0.29) is 4.87 Å². The van der Waals surface area contributed by atoms with E-state index in [4.69, 9.17) is 0 Å². The van der Waals surface area contributed by atoms with Crippen LogP contribution in [0.2, 0.25) is 0 Å². The summed E-state index contributed by atoms with van der Waals surface area (Å²) in [5.74, 6) is 0. The molecule has 0 saturated carbocycles. The second-order valence-corrected chi connectivity index (χ2v) is 7.95. The van der Waals surface area contributed by atoms with Gasteiger partial charge in [0.25, 0.3) is 0 Å². The van der Waals surface area contributed by atoms with Gasteiger partial charge in [-0.15, -0.1) is 0 Å². The topological polar surface area (TPSA) is 36.8 Å². The van der Waals surface area contributed by atoms with E-state index in [1.54, 1.807) is 11.9 Å². The fourth-order valence-corrected chi connectivity index (χ4v) is 6.68. The quantitative estimate of drug-likeness (QED) is 0.662. The van der Waals surface area contributed by atoms with E-state index in [2.05, 4.69) is 49.3 Å². The molecule has 0 bridgehead atoms. The van der Waals surface area contributed by atoms with Gasteiger partial charge in [0.05, 0.1) is 0 Å². The maximum absolute atomic E-state index is 4.42. The van der Waals surface area contributed by atoms with Crippen molar-refractivity contribution in [3.05, 3.63) is 43.0 Å². The van der Waals surface area contributed by atoms with Crippen molar-refractivity contribution >= 4 is 41.0 Å². The van der Waals surface area contributed by atoms with Crippen molar-refractivity contribution in [1.29, 1.82) is 0 Å². The number of nitrogens with zero attached hydrogens (tertiary/aromatic N) is 2. The monoisotopic (exact) mass is 349 g/mol. The third-order valence-electron chi connectivity index (χ3n) is 2.14. The molecule has 0 amide bonds. The van der Waals surface area contributed by atoms with Crippen LogP contribution in [0.25, 0.3) is 0 Å². The summed E-state index contributed by atoms with van der Waals surface area (Å²) in [7, 11) is 0. The molecule has 0 fully saturated rings. The van der Waals surface area contributed by atoms with Crippen LogP contribution < -0.4 is 4.83 Å². The van der Waals surface area contributed by atoms with Crippen LogP contribution in [0.5, 0.6) is 0 Å². The van der Waals surface area contributed by atoms with Crippen LogP contribution >= 0.6 is 11.9 Å². The molecular weight excluding hydrogens is 340 g/mol. The molecule has 76 valence electrons. The minimum absolute atomic E-state index is 0.229. The Morgan fingerprint density at radius 3 is 2.20 bits per heavy atom. The molecular formula is C9H7N3SSe2. The second kappa shape index (κ2) is 3.96. The minimum atomic E-state index is -0.229. The predicted molar refractivity (Wildman–Crippen MR) is 63.1 cm³/mol.